The summed E-state index contributed by atoms with van der Waals surface area (Å²) >= 11 is 0. The Bertz CT molecular complexity index is 175. The van der Waals surface area contributed by atoms with Crippen LogP contribution in [-0.4, -0.2) is 42.7 Å². The van der Waals surface area contributed by atoms with Gasteiger partial charge in [0, 0.05) is 31.2 Å². The van der Waals surface area contributed by atoms with E-state index < -0.39 is 0 Å². The SMILES string of the molecule is CC(N)CN1CCC2CCC(C1)N2.Cl. The summed E-state index contributed by atoms with van der Waals surface area (Å²) in [6.07, 6.45) is 4.06. The van der Waals surface area contributed by atoms with Gasteiger partial charge < -0.3 is 16.0 Å². The van der Waals surface area contributed by atoms with Gasteiger partial charge in [0.25, 0.3) is 0 Å². The first-order valence-electron chi connectivity index (χ1n) is 5.48. The third kappa shape index (κ3) is 3.09. The summed E-state index contributed by atoms with van der Waals surface area (Å²) < 4.78 is 0. The number of hydrogen-bond donors (Lipinski definition) is 2. The Kier molecular flexibility index (Phi) is 4.64. The lowest BCUT2D eigenvalue weighted by atomic mass is 10.1. The maximum absolute atomic E-state index is 5.81. The van der Waals surface area contributed by atoms with Crippen LogP contribution in [0.25, 0.3) is 0 Å². The van der Waals surface area contributed by atoms with E-state index in [1.807, 2.05) is 0 Å². The van der Waals surface area contributed by atoms with E-state index in [-0.39, 0.29) is 12.4 Å². The predicted molar refractivity (Wildman–Crippen MR) is 61.9 cm³/mol. The molecule has 3 N–H and O–H groups in total. The first-order chi connectivity index (χ1) is 6.24. The smallest absolute Gasteiger partial charge is 0.0198 e. The van der Waals surface area contributed by atoms with Crippen LogP contribution in [0.1, 0.15) is 26.2 Å². The van der Waals surface area contributed by atoms with E-state index in [0.29, 0.717) is 6.04 Å². The molecule has 2 bridgehead atoms. The molecule has 4 heteroatoms. The number of halogens is 1. The minimum absolute atomic E-state index is 0. The van der Waals surface area contributed by atoms with Crippen LogP contribution in [0, 0.1) is 0 Å². The molecule has 3 atom stereocenters. The van der Waals surface area contributed by atoms with Crippen molar-refractivity contribution in [1.82, 2.24) is 10.2 Å². The molecule has 0 spiro atoms. The maximum Gasteiger partial charge on any atom is 0.0198 e. The van der Waals surface area contributed by atoms with Crippen molar-refractivity contribution < 1.29 is 0 Å². The third-order valence-corrected chi connectivity index (χ3v) is 3.15. The Balaban J connectivity index is 0.000000980. The van der Waals surface area contributed by atoms with Crippen molar-refractivity contribution in [3.8, 4) is 0 Å². The molecule has 2 rings (SSSR count). The van der Waals surface area contributed by atoms with Gasteiger partial charge in [-0.3, -0.25) is 0 Å². The largest absolute Gasteiger partial charge is 0.327 e. The monoisotopic (exact) mass is 219 g/mol. The Hall–Kier alpha value is 0.170. The lowest BCUT2D eigenvalue weighted by Crippen LogP contribution is -2.41. The van der Waals surface area contributed by atoms with Crippen LogP contribution < -0.4 is 11.1 Å². The van der Waals surface area contributed by atoms with Crippen LogP contribution in [0.15, 0.2) is 0 Å². The molecule has 2 saturated heterocycles. The van der Waals surface area contributed by atoms with Crippen molar-refractivity contribution in [3.63, 3.8) is 0 Å². The van der Waals surface area contributed by atoms with Gasteiger partial charge in [-0.1, -0.05) is 0 Å². The van der Waals surface area contributed by atoms with E-state index in [1.165, 1.54) is 32.4 Å². The first kappa shape index (κ1) is 12.2. The van der Waals surface area contributed by atoms with Crippen LogP contribution >= 0.6 is 12.4 Å². The van der Waals surface area contributed by atoms with E-state index >= 15 is 0 Å². The second-order valence-electron chi connectivity index (χ2n) is 4.66. The molecule has 3 nitrogen and oxygen atoms in total. The van der Waals surface area contributed by atoms with Crippen LogP contribution in [0.3, 0.4) is 0 Å². The molecule has 14 heavy (non-hydrogen) atoms. The van der Waals surface area contributed by atoms with Crippen LogP contribution in [0.5, 0.6) is 0 Å². The topological polar surface area (TPSA) is 41.3 Å². The Morgan fingerprint density at radius 3 is 2.79 bits per heavy atom. The highest BCUT2D eigenvalue weighted by atomic mass is 35.5. The molecule has 0 saturated carbocycles. The van der Waals surface area contributed by atoms with Crippen LogP contribution in [0.4, 0.5) is 0 Å². The number of nitrogens with two attached hydrogens (primary N) is 1. The fourth-order valence-electron chi connectivity index (χ4n) is 2.59. The fraction of sp³-hybridized carbons (Fsp3) is 1.00. The normalized spacial score (nSPS) is 34.7. The molecule has 0 aliphatic carbocycles. The van der Waals surface area contributed by atoms with E-state index in [2.05, 4.69) is 17.1 Å². The molecule has 2 fully saturated rings. The van der Waals surface area contributed by atoms with Gasteiger partial charge in [0.15, 0.2) is 0 Å². The second kappa shape index (κ2) is 5.31. The van der Waals surface area contributed by atoms with Gasteiger partial charge in [0.2, 0.25) is 0 Å². The molecule has 0 aromatic rings. The molecule has 0 radical (unpaired) electrons. The molecule has 0 aromatic heterocycles. The summed E-state index contributed by atoms with van der Waals surface area (Å²) in [7, 11) is 0. The molecule has 2 aliphatic rings. The molecule has 3 unspecified atom stereocenters. The Morgan fingerprint density at radius 2 is 2.07 bits per heavy atom. The zero-order valence-electron chi connectivity index (χ0n) is 8.91. The highest BCUT2D eigenvalue weighted by Crippen LogP contribution is 2.20. The summed E-state index contributed by atoms with van der Waals surface area (Å²) in [6.45, 7) is 5.59. The van der Waals surface area contributed by atoms with Crippen molar-refractivity contribution in [3.05, 3.63) is 0 Å². The molecule has 0 aromatic carbocycles. The average Bonchev–Trinajstić information content (AvgIpc) is 2.36. The minimum atomic E-state index is 0. The predicted octanol–water partition coefficient (Wildman–Crippen LogP) is 0.582. The molecule has 84 valence electrons. The van der Waals surface area contributed by atoms with Gasteiger partial charge >= 0.3 is 0 Å². The lowest BCUT2D eigenvalue weighted by molar-refractivity contribution is 0.248. The summed E-state index contributed by atoms with van der Waals surface area (Å²) in [5, 5.41) is 3.67. The third-order valence-electron chi connectivity index (χ3n) is 3.15. The van der Waals surface area contributed by atoms with E-state index in [0.717, 1.165) is 18.6 Å². The minimum Gasteiger partial charge on any atom is -0.327 e. The van der Waals surface area contributed by atoms with Crippen molar-refractivity contribution in [2.45, 2.75) is 44.3 Å². The Morgan fingerprint density at radius 1 is 1.36 bits per heavy atom. The van der Waals surface area contributed by atoms with Gasteiger partial charge in [0.1, 0.15) is 0 Å². The second-order valence-corrected chi connectivity index (χ2v) is 4.66. The first-order valence-corrected chi connectivity index (χ1v) is 5.48. The number of fused-ring (bicyclic) bond motifs is 2. The summed E-state index contributed by atoms with van der Waals surface area (Å²) in [5.74, 6) is 0. The van der Waals surface area contributed by atoms with Crippen molar-refractivity contribution in [1.29, 1.82) is 0 Å². The quantitative estimate of drug-likeness (QED) is 0.714. The van der Waals surface area contributed by atoms with E-state index in [9.17, 15) is 0 Å². The van der Waals surface area contributed by atoms with E-state index in [4.69, 9.17) is 5.73 Å². The van der Waals surface area contributed by atoms with Crippen LogP contribution in [0.2, 0.25) is 0 Å². The maximum atomic E-state index is 5.81. The average molecular weight is 220 g/mol. The number of likely N-dealkylation sites (tertiary alicyclic amines) is 1. The molecular formula is C10H22ClN3. The van der Waals surface area contributed by atoms with Crippen molar-refractivity contribution >= 4 is 12.4 Å². The fourth-order valence-corrected chi connectivity index (χ4v) is 2.59. The molecule has 0 amide bonds. The molecular weight excluding hydrogens is 198 g/mol. The van der Waals surface area contributed by atoms with Gasteiger partial charge in [-0.25, -0.2) is 0 Å². The molecule has 2 heterocycles. The van der Waals surface area contributed by atoms with Gasteiger partial charge in [0.05, 0.1) is 0 Å². The van der Waals surface area contributed by atoms with Crippen LogP contribution in [-0.2, 0) is 0 Å². The van der Waals surface area contributed by atoms with Gasteiger partial charge in [-0.05, 0) is 32.7 Å². The lowest BCUT2D eigenvalue weighted by Gasteiger charge is -2.25. The van der Waals surface area contributed by atoms with Crippen molar-refractivity contribution in [2.75, 3.05) is 19.6 Å². The van der Waals surface area contributed by atoms with E-state index in [1.54, 1.807) is 0 Å². The van der Waals surface area contributed by atoms with Gasteiger partial charge in [-0.15, -0.1) is 12.4 Å². The standard InChI is InChI=1S/C10H21N3.ClH/c1-8(11)6-13-5-4-9-2-3-10(7-13)12-9;/h8-10,12H,2-7,11H2,1H3;1H. The summed E-state index contributed by atoms with van der Waals surface area (Å²) in [6, 6.07) is 1.85. The number of nitrogens with zero attached hydrogens (tertiary/aromatic N) is 1. The number of nitrogens with one attached hydrogen (secondary N) is 1. The zero-order chi connectivity index (χ0) is 9.26. The highest BCUT2D eigenvalue weighted by Gasteiger charge is 2.29. The number of hydrogen-bond acceptors (Lipinski definition) is 3. The van der Waals surface area contributed by atoms with Gasteiger partial charge in [-0.2, -0.15) is 0 Å². The Labute approximate surface area is 92.8 Å². The zero-order valence-corrected chi connectivity index (χ0v) is 9.72. The number of rotatable bonds is 2. The molecule has 2 aliphatic heterocycles. The van der Waals surface area contributed by atoms with Crippen molar-refractivity contribution in [2.24, 2.45) is 5.73 Å². The summed E-state index contributed by atoms with van der Waals surface area (Å²) in [4.78, 5) is 2.52. The summed E-state index contributed by atoms with van der Waals surface area (Å²) in [5.41, 5.74) is 5.81. The highest BCUT2D eigenvalue weighted by molar-refractivity contribution is 5.85.